The van der Waals surface area contributed by atoms with Crippen molar-refractivity contribution in [3.05, 3.63) is 29.3 Å². The van der Waals surface area contributed by atoms with Crippen LogP contribution in [0.15, 0.2) is 18.2 Å². The molecule has 1 aliphatic heterocycles. The summed E-state index contributed by atoms with van der Waals surface area (Å²) in [6.07, 6.45) is 2.50. The van der Waals surface area contributed by atoms with Crippen molar-refractivity contribution in [2.24, 2.45) is 5.92 Å². The van der Waals surface area contributed by atoms with Gasteiger partial charge in [-0.15, -0.1) is 0 Å². The van der Waals surface area contributed by atoms with Gasteiger partial charge in [-0.2, -0.15) is 0 Å². The first-order valence-corrected chi connectivity index (χ1v) is 9.71. The summed E-state index contributed by atoms with van der Waals surface area (Å²) < 4.78 is 5.85. The van der Waals surface area contributed by atoms with Crippen LogP contribution in [0.3, 0.4) is 0 Å². The molecule has 0 radical (unpaired) electrons. The summed E-state index contributed by atoms with van der Waals surface area (Å²) in [5, 5.41) is 0. The molecule has 6 nitrogen and oxygen atoms in total. The average molecular weight is 376 g/mol. The van der Waals surface area contributed by atoms with Crippen molar-refractivity contribution < 1.29 is 14.3 Å². The highest BCUT2D eigenvalue weighted by molar-refractivity contribution is 5.80. The number of hydrogen-bond acceptors (Lipinski definition) is 3. The average Bonchev–Trinajstić information content (AvgIpc) is 2.65. The number of hydrogen-bond donors (Lipinski definition) is 0. The van der Waals surface area contributed by atoms with E-state index in [0.29, 0.717) is 19.7 Å². The van der Waals surface area contributed by atoms with Gasteiger partial charge in [0.05, 0.1) is 12.5 Å². The summed E-state index contributed by atoms with van der Waals surface area (Å²) in [6.45, 7) is 6.59. The molecule has 1 atom stereocenters. The highest BCUT2D eigenvalue weighted by Crippen LogP contribution is 2.20. The van der Waals surface area contributed by atoms with Gasteiger partial charge >= 0.3 is 6.03 Å². The molecule has 0 N–H and O–H groups in total. The number of carbonyl (C=O) groups is 2. The Hall–Kier alpha value is -2.24. The monoisotopic (exact) mass is 375 g/mol. The maximum Gasteiger partial charge on any atom is 0.319 e. The van der Waals surface area contributed by atoms with Crippen LogP contribution < -0.4 is 4.74 Å². The molecule has 6 heteroatoms. The number of likely N-dealkylation sites (tertiary alicyclic amines) is 1. The lowest BCUT2D eigenvalue weighted by atomic mass is 9.97. The van der Waals surface area contributed by atoms with Crippen molar-refractivity contribution in [2.45, 2.75) is 33.1 Å². The van der Waals surface area contributed by atoms with E-state index in [4.69, 9.17) is 4.74 Å². The van der Waals surface area contributed by atoms with Gasteiger partial charge in [-0.25, -0.2) is 4.79 Å². The first-order chi connectivity index (χ1) is 12.8. The summed E-state index contributed by atoms with van der Waals surface area (Å²) >= 11 is 0. The molecule has 0 saturated carbocycles. The minimum absolute atomic E-state index is 0.0166. The fourth-order valence-corrected chi connectivity index (χ4v) is 3.50. The topological polar surface area (TPSA) is 53.1 Å². The van der Waals surface area contributed by atoms with Gasteiger partial charge in [-0.3, -0.25) is 4.79 Å². The number of urea groups is 1. The minimum atomic E-state index is -0.104. The van der Waals surface area contributed by atoms with Crippen LogP contribution in [-0.4, -0.2) is 74.0 Å². The molecule has 1 aromatic carbocycles. The number of rotatable bonds is 6. The molecule has 3 amide bonds. The molecule has 1 aromatic rings. The molecule has 150 valence electrons. The predicted molar refractivity (Wildman–Crippen MR) is 107 cm³/mol. The van der Waals surface area contributed by atoms with Crippen LogP contribution in [-0.2, 0) is 4.79 Å². The molecule has 2 rings (SSSR count). The van der Waals surface area contributed by atoms with Crippen molar-refractivity contribution in [3.8, 4) is 5.75 Å². The standard InChI is InChI=1S/C21H33N3O3/c1-16-9-10-19(17(2)14-16)27-13-7-11-23(5)20(25)18-8-6-12-24(15-18)21(26)22(3)4/h9-10,14,18H,6-8,11-13,15H2,1-5H3/t18-/m1/s1. The SMILES string of the molecule is Cc1ccc(OCCCN(C)C(=O)[C@@H]2CCCN(C(=O)N(C)C)C2)c(C)c1. The number of nitrogens with zero attached hydrogens (tertiary/aromatic N) is 3. The third-order valence-electron chi connectivity index (χ3n) is 5.03. The maximum absolute atomic E-state index is 12.7. The van der Waals surface area contributed by atoms with E-state index >= 15 is 0 Å². The van der Waals surface area contributed by atoms with Crippen LogP contribution in [0.4, 0.5) is 4.79 Å². The molecule has 1 aliphatic rings. The molecular weight excluding hydrogens is 342 g/mol. The Bertz CT molecular complexity index is 660. The quantitative estimate of drug-likeness (QED) is 0.719. The highest BCUT2D eigenvalue weighted by Gasteiger charge is 2.30. The van der Waals surface area contributed by atoms with Crippen molar-refractivity contribution in [3.63, 3.8) is 0 Å². The van der Waals surface area contributed by atoms with Crippen LogP contribution in [0.25, 0.3) is 0 Å². The van der Waals surface area contributed by atoms with Crippen LogP contribution in [0, 0.1) is 19.8 Å². The van der Waals surface area contributed by atoms with Gasteiger partial charge in [-0.05, 0) is 44.7 Å². The summed E-state index contributed by atoms with van der Waals surface area (Å²) in [5.74, 6) is 0.922. The molecule has 1 heterocycles. The van der Waals surface area contributed by atoms with E-state index in [0.717, 1.165) is 37.1 Å². The Kier molecular flexibility index (Phi) is 7.51. The molecule has 0 spiro atoms. The first-order valence-electron chi connectivity index (χ1n) is 9.71. The molecule has 27 heavy (non-hydrogen) atoms. The van der Waals surface area contributed by atoms with Crippen LogP contribution in [0.2, 0.25) is 0 Å². The molecule has 0 bridgehead atoms. The van der Waals surface area contributed by atoms with Crippen LogP contribution >= 0.6 is 0 Å². The van der Waals surface area contributed by atoms with Crippen LogP contribution in [0.5, 0.6) is 5.75 Å². The number of carbonyl (C=O) groups excluding carboxylic acids is 2. The Balaban J connectivity index is 1.77. The lowest BCUT2D eigenvalue weighted by molar-refractivity contribution is -0.135. The Labute approximate surface area is 163 Å². The summed E-state index contributed by atoms with van der Waals surface area (Å²) in [6, 6.07) is 6.13. The van der Waals surface area contributed by atoms with E-state index in [-0.39, 0.29) is 17.9 Å². The number of aryl methyl sites for hydroxylation is 2. The van der Waals surface area contributed by atoms with Gasteiger partial charge in [0.15, 0.2) is 0 Å². The van der Waals surface area contributed by atoms with E-state index < -0.39 is 0 Å². The molecule has 0 aliphatic carbocycles. The molecular formula is C21H33N3O3. The van der Waals surface area contributed by atoms with Crippen molar-refractivity contribution in [1.82, 2.24) is 14.7 Å². The van der Waals surface area contributed by atoms with Gasteiger partial charge in [0.2, 0.25) is 5.91 Å². The molecule has 0 unspecified atom stereocenters. The van der Waals surface area contributed by atoms with Gasteiger partial charge in [0.25, 0.3) is 0 Å². The predicted octanol–water partition coefficient (Wildman–Crippen LogP) is 2.92. The Morgan fingerprint density at radius 1 is 1.22 bits per heavy atom. The number of piperidine rings is 1. The zero-order chi connectivity index (χ0) is 20.0. The van der Waals surface area contributed by atoms with Gasteiger partial charge in [0, 0.05) is 40.8 Å². The molecule has 1 saturated heterocycles. The maximum atomic E-state index is 12.7. The number of amides is 3. The third-order valence-corrected chi connectivity index (χ3v) is 5.03. The first kappa shape index (κ1) is 21.1. The molecule has 1 fully saturated rings. The second-order valence-electron chi connectivity index (χ2n) is 7.69. The Morgan fingerprint density at radius 3 is 2.63 bits per heavy atom. The highest BCUT2D eigenvalue weighted by atomic mass is 16.5. The minimum Gasteiger partial charge on any atom is -0.493 e. The fraction of sp³-hybridized carbons (Fsp3) is 0.619. The van der Waals surface area contributed by atoms with Crippen molar-refractivity contribution >= 4 is 11.9 Å². The smallest absolute Gasteiger partial charge is 0.319 e. The van der Waals surface area contributed by atoms with E-state index in [1.165, 1.54) is 5.56 Å². The lowest BCUT2D eigenvalue weighted by Gasteiger charge is -2.35. The van der Waals surface area contributed by atoms with E-state index in [2.05, 4.69) is 13.0 Å². The normalized spacial score (nSPS) is 16.8. The number of ether oxygens (including phenoxy) is 1. The van der Waals surface area contributed by atoms with Crippen molar-refractivity contribution in [2.75, 3.05) is 47.4 Å². The second kappa shape index (κ2) is 9.62. The van der Waals surface area contributed by atoms with Gasteiger partial charge in [-0.1, -0.05) is 17.7 Å². The fourth-order valence-electron chi connectivity index (χ4n) is 3.50. The van der Waals surface area contributed by atoms with Gasteiger partial charge in [0.1, 0.15) is 5.75 Å². The summed E-state index contributed by atoms with van der Waals surface area (Å²) in [7, 11) is 5.33. The zero-order valence-corrected chi connectivity index (χ0v) is 17.3. The van der Waals surface area contributed by atoms with Crippen molar-refractivity contribution in [1.29, 1.82) is 0 Å². The molecule has 0 aromatic heterocycles. The van der Waals surface area contributed by atoms with E-state index in [1.807, 2.05) is 26.1 Å². The van der Waals surface area contributed by atoms with Gasteiger partial charge < -0.3 is 19.4 Å². The van der Waals surface area contributed by atoms with Crippen LogP contribution in [0.1, 0.15) is 30.4 Å². The summed E-state index contributed by atoms with van der Waals surface area (Å²) in [5.41, 5.74) is 2.35. The number of benzene rings is 1. The lowest BCUT2D eigenvalue weighted by Crippen LogP contribution is -2.48. The largest absolute Gasteiger partial charge is 0.493 e. The zero-order valence-electron chi connectivity index (χ0n) is 17.3. The summed E-state index contributed by atoms with van der Waals surface area (Å²) in [4.78, 5) is 30.0. The Morgan fingerprint density at radius 2 is 1.96 bits per heavy atom. The third kappa shape index (κ3) is 5.88. The van der Waals surface area contributed by atoms with E-state index in [1.54, 1.807) is 28.8 Å². The van der Waals surface area contributed by atoms with E-state index in [9.17, 15) is 9.59 Å². The second-order valence-corrected chi connectivity index (χ2v) is 7.69.